The van der Waals surface area contributed by atoms with Crippen molar-refractivity contribution in [3.63, 3.8) is 0 Å². The third-order valence-corrected chi connectivity index (χ3v) is 1.02. The maximum atomic E-state index is 8.18. The Morgan fingerprint density at radius 1 is 1.11 bits per heavy atom. The molecule has 0 aromatic carbocycles. The van der Waals surface area contributed by atoms with Crippen molar-refractivity contribution in [2.24, 2.45) is 0 Å². The quantitative estimate of drug-likeness (QED) is 0.430. The fraction of sp³-hybridized carbons (Fsp3) is 0. The highest BCUT2D eigenvalue weighted by Crippen LogP contribution is 2.34. The number of nitriles is 2. The summed E-state index contributed by atoms with van der Waals surface area (Å²) in [6, 6.07) is 3.48. The second kappa shape index (κ2) is 1.59. The van der Waals surface area contributed by atoms with Crippen LogP contribution in [0.15, 0.2) is 16.7 Å². The summed E-state index contributed by atoms with van der Waals surface area (Å²) in [4.78, 5) is 0. The van der Waals surface area contributed by atoms with Gasteiger partial charge in [0, 0.05) is 5.57 Å². The zero-order valence-corrected chi connectivity index (χ0v) is 4.34. The highest BCUT2D eigenvalue weighted by molar-refractivity contribution is 5.92. The lowest BCUT2D eigenvalue weighted by Crippen LogP contribution is -1.55. The van der Waals surface area contributed by atoms with Crippen LogP contribution in [0.4, 0.5) is 0 Å². The molecule has 0 aromatic rings. The smallest absolute Gasteiger partial charge is 0.102 e. The average molecular weight is 114 g/mol. The first-order valence-electron chi connectivity index (χ1n) is 2.17. The van der Waals surface area contributed by atoms with E-state index in [1.165, 1.54) is 0 Å². The predicted molar refractivity (Wildman–Crippen MR) is 30.1 cm³/mol. The van der Waals surface area contributed by atoms with Crippen LogP contribution >= 0.6 is 0 Å². The van der Waals surface area contributed by atoms with Gasteiger partial charge in [0.05, 0.1) is 11.1 Å². The van der Waals surface area contributed by atoms with Gasteiger partial charge >= 0.3 is 0 Å². The van der Waals surface area contributed by atoms with Crippen LogP contribution in [-0.4, -0.2) is 5.87 Å². The third kappa shape index (κ3) is 0.534. The van der Waals surface area contributed by atoms with Gasteiger partial charge in [-0.05, 0) is 0 Å². The molecular formula is C6N3-. The Bertz CT molecular complexity index is 289. The molecule has 9 heavy (non-hydrogen) atoms. The molecule has 0 saturated heterocycles. The summed E-state index contributed by atoms with van der Waals surface area (Å²) < 4.78 is 0. The van der Waals surface area contributed by atoms with Gasteiger partial charge in [-0.3, -0.25) is 5.87 Å². The third-order valence-electron chi connectivity index (χ3n) is 1.02. The van der Waals surface area contributed by atoms with E-state index < -0.39 is 0 Å². The summed E-state index contributed by atoms with van der Waals surface area (Å²) in [6.07, 6.45) is 0. The number of rotatable bonds is 0. The van der Waals surface area contributed by atoms with E-state index in [4.69, 9.17) is 15.9 Å². The van der Waals surface area contributed by atoms with E-state index in [-0.39, 0.29) is 16.7 Å². The molecule has 3 nitrogen and oxygen atoms in total. The van der Waals surface area contributed by atoms with Crippen molar-refractivity contribution in [2.45, 2.75) is 0 Å². The van der Waals surface area contributed by atoms with Crippen LogP contribution in [0, 0.1) is 22.7 Å². The molecule has 1 aliphatic carbocycles. The standard InChI is InChI=1S/C6N3/c7-1-4-5(2-8)6(4)3-9/q-1. The zero-order valence-electron chi connectivity index (χ0n) is 4.34. The summed E-state index contributed by atoms with van der Waals surface area (Å²) in [5, 5.41) is 24.5. The highest BCUT2D eigenvalue weighted by atomic mass is 14.4. The normalized spacial score (nSPS) is 13.8. The van der Waals surface area contributed by atoms with Gasteiger partial charge in [0.15, 0.2) is 0 Å². The molecular weight excluding hydrogens is 114 g/mol. The fourth-order valence-electron chi connectivity index (χ4n) is 0.523. The average Bonchev–Trinajstić information content (AvgIpc) is 2.59. The number of hydrogen-bond acceptors (Lipinski definition) is 2. The molecule has 0 radical (unpaired) electrons. The van der Waals surface area contributed by atoms with Crippen LogP contribution in [0.25, 0.3) is 5.41 Å². The van der Waals surface area contributed by atoms with Crippen molar-refractivity contribution in [2.75, 3.05) is 0 Å². The number of allylic oxidation sites excluding steroid dienone is 3. The van der Waals surface area contributed by atoms with E-state index in [9.17, 15) is 0 Å². The van der Waals surface area contributed by atoms with E-state index in [2.05, 4.69) is 0 Å². The number of hydrogen-bond donors (Lipinski definition) is 0. The van der Waals surface area contributed by atoms with Crippen molar-refractivity contribution in [3.8, 4) is 12.1 Å². The summed E-state index contributed by atoms with van der Waals surface area (Å²) in [6.45, 7) is 0. The van der Waals surface area contributed by atoms with Gasteiger partial charge in [-0.1, -0.05) is 0 Å². The van der Waals surface area contributed by atoms with Crippen molar-refractivity contribution >= 4 is 5.87 Å². The molecule has 3 heteroatoms. The van der Waals surface area contributed by atoms with Gasteiger partial charge in [-0.25, -0.2) is 0 Å². The molecule has 1 aliphatic rings. The lowest BCUT2D eigenvalue weighted by atomic mass is 10.4. The molecule has 0 bridgehead atoms. The largest absolute Gasteiger partial charge is 0.763 e. The lowest BCUT2D eigenvalue weighted by molar-refractivity contribution is 1.52. The van der Waals surface area contributed by atoms with Crippen molar-refractivity contribution in [3.05, 3.63) is 22.1 Å². The monoisotopic (exact) mass is 114 g/mol. The first-order valence-corrected chi connectivity index (χ1v) is 2.17. The molecule has 1 rings (SSSR count). The summed E-state index contributed by atoms with van der Waals surface area (Å²) in [5.41, 5.74) is 0.750. The van der Waals surface area contributed by atoms with Gasteiger partial charge in [0.2, 0.25) is 0 Å². The summed E-state index contributed by atoms with van der Waals surface area (Å²) in [7, 11) is 0. The Kier molecular flexibility index (Phi) is 0.941. The van der Waals surface area contributed by atoms with Crippen LogP contribution in [0.1, 0.15) is 0 Å². The Balaban J connectivity index is 3.06. The molecule has 0 fully saturated rings. The zero-order chi connectivity index (χ0) is 6.85. The predicted octanol–water partition coefficient (Wildman–Crippen LogP) is 0.509. The molecule has 0 N–H and O–H groups in total. The lowest BCUT2D eigenvalue weighted by Gasteiger charge is -1.66. The minimum absolute atomic E-state index is 0.250. The van der Waals surface area contributed by atoms with Crippen molar-refractivity contribution < 1.29 is 0 Å². The van der Waals surface area contributed by atoms with Crippen LogP contribution in [0.5, 0.6) is 0 Å². The van der Waals surface area contributed by atoms with Crippen molar-refractivity contribution in [1.82, 2.24) is 0 Å². The Morgan fingerprint density at radius 3 is 1.67 bits per heavy atom. The molecule has 40 valence electrons. The van der Waals surface area contributed by atoms with E-state index in [1.807, 2.05) is 0 Å². The van der Waals surface area contributed by atoms with Crippen LogP contribution in [0.3, 0.4) is 0 Å². The first-order chi connectivity index (χ1) is 4.35. The minimum atomic E-state index is 0.250. The van der Waals surface area contributed by atoms with E-state index in [1.54, 1.807) is 18.0 Å². The Labute approximate surface area is 51.6 Å². The van der Waals surface area contributed by atoms with Gasteiger partial charge in [-0.15, -0.1) is 0 Å². The van der Waals surface area contributed by atoms with Crippen molar-refractivity contribution in [1.29, 1.82) is 10.5 Å². The van der Waals surface area contributed by atoms with E-state index in [0.717, 1.165) is 0 Å². The Morgan fingerprint density at radius 2 is 1.56 bits per heavy atom. The fourth-order valence-corrected chi connectivity index (χ4v) is 0.523. The van der Waals surface area contributed by atoms with Crippen LogP contribution in [0.2, 0.25) is 0 Å². The van der Waals surface area contributed by atoms with Gasteiger partial charge in [-0.2, -0.15) is 10.5 Å². The second-order valence-electron chi connectivity index (χ2n) is 1.46. The molecule has 0 saturated carbocycles. The van der Waals surface area contributed by atoms with Crippen LogP contribution < -0.4 is 0 Å². The second-order valence-corrected chi connectivity index (χ2v) is 1.46. The summed E-state index contributed by atoms with van der Waals surface area (Å²) in [5.74, 6) is 1.74. The highest BCUT2D eigenvalue weighted by Gasteiger charge is 2.27. The molecule has 0 aromatic heterocycles. The van der Waals surface area contributed by atoms with Gasteiger partial charge in [0.1, 0.15) is 12.1 Å². The SMILES string of the molecule is N#CC1=C(C#N)C1=C=[N-]. The molecule has 0 atom stereocenters. The molecule has 0 heterocycles. The molecule has 0 amide bonds. The maximum Gasteiger partial charge on any atom is 0.102 e. The first kappa shape index (κ1) is 5.31. The number of nitrogens with zero attached hydrogens (tertiary/aromatic N) is 3. The summed E-state index contributed by atoms with van der Waals surface area (Å²) >= 11 is 0. The molecule has 0 aliphatic heterocycles. The van der Waals surface area contributed by atoms with Gasteiger partial charge in [0.25, 0.3) is 0 Å². The topological polar surface area (TPSA) is 69.9 Å². The van der Waals surface area contributed by atoms with Crippen LogP contribution in [-0.2, 0) is 0 Å². The Hall–Kier alpha value is -1.83. The molecule has 0 spiro atoms. The minimum Gasteiger partial charge on any atom is -0.763 e. The van der Waals surface area contributed by atoms with E-state index >= 15 is 0 Å². The van der Waals surface area contributed by atoms with E-state index in [0.29, 0.717) is 0 Å². The molecule has 0 unspecified atom stereocenters. The maximum absolute atomic E-state index is 8.18. The van der Waals surface area contributed by atoms with Gasteiger partial charge < -0.3 is 5.41 Å².